The molecule has 7 nitrogen and oxygen atoms in total. The number of nitrogens with two attached hydrogens (primary N) is 1. The highest BCUT2D eigenvalue weighted by molar-refractivity contribution is 7.17. The summed E-state index contributed by atoms with van der Waals surface area (Å²) in [5, 5.41) is 4.26. The molecule has 1 aliphatic rings. The Bertz CT molecular complexity index is 1580. The predicted molar refractivity (Wildman–Crippen MR) is 156 cm³/mol. The van der Waals surface area contributed by atoms with Gasteiger partial charge in [-0.2, -0.15) is 0 Å². The van der Waals surface area contributed by atoms with Crippen molar-refractivity contribution in [3.05, 3.63) is 70.1 Å². The Hall–Kier alpha value is -3.91. The van der Waals surface area contributed by atoms with Crippen LogP contribution in [0.25, 0.3) is 22.2 Å². The number of aromatic nitrogens is 1. The topological polar surface area (TPSA) is 104 Å². The number of para-hydroxylation sites is 1. The highest BCUT2D eigenvalue weighted by Gasteiger charge is 2.33. The lowest BCUT2D eigenvalue weighted by atomic mass is 9.72. The number of thiophene rings is 1. The summed E-state index contributed by atoms with van der Waals surface area (Å²) in [5.74, 6) is 0.901. The smallest absolute Gasteiger partial charge is 0.257 e. The van der Waals surface area contributed by atoms with Gasteiger partial charge >= 0.3 is 0 Å². The monoisotopic (exact) mass is 543 g/mol. The van der Waals surface area contributed by atoms with Crippen LogP contribution in [-0.4, -0.2) is 31.0 Å². The average Bonchev–Trinajstić information content (AvgIpc) is 3.28. The Morgan fingerprint density at radius 2 is 1.85 bits per heavy atom. The number of pyridine rings is 1. The first-order valence-corrected chi connectivity index (χ1v) is 13.8. The van der Waals surface area contributed by atoms with Gasteiger partial charge in [0, 0.05) is 21.9 Å². The van der Waals surface area contributed by atoms with E-state index in [1.807, 2.05) is 36.4 Å². The maximum Gasteiger partial charge on any atom is 0.257 e. The highest BCUT2D eigenvalue weighted by atomic mass is 32.1. The molecule has 2 aromatic heterocycles. The second-order valence-corrected chi connectivity index (χ2v) is 12.1. The number of benzene rings is 2. The van der Waals surface area contributed by atoms with Crippen molar-refractivity contribution >= 4 is 39.1 Å². The third-order valence-corrected chi connectivity index (χ3v) is 8.78. The van der Waals surface area contributed by atoms with Gasteiger partial charge in [-0.25, -0.2) is 4.98 Å². The van der Waals surface area contributed by atoms with Gasteiger partial charge in [0.2, 0.25) is 0 Å². The number of ether oxygens (including phenoxy) is 2. The third-order valence-electron chi connectivity index (χ3n) is 7.61. The summed E-state index contributed by atoms with van der Waals surface area (Å²) in [6.07, 6.45) is 2.64. The molecule has 1 unspecified atom stereocenters. The van der Waals surface area contributed by atoms with E-state index < -0.39 is 5.91 Å². The van der Waals surface area contributed by atoms with Gasteiger partial charge < -0.3 is 20.5 Å². The summed E-state index contributed by atoms with van der Waals surface area (Å²) in [5.41, 5.74) is 9.86. The zero-order valence-corrected chi connectivity index (χ0v) is 23.7. The first-order valence-electron chi connectivity index (χ1n) is 13.0. The van der Waals surface area contributed by atoms with Crippen LogP contribution in [0.1, 0.15) is 58.3 Å². The molecule has 0 spiro atoms. The van der Waals surface area contributed by atoms with Crippen molar-refractivity contribution in [2.24, 2.45) is 17.1 Å². The molecule has 8 heteroatoms. The van der Waals surface area contributed by atoms with E-state index in [1.165, 1.54) is 11.3 Å². The molecule has 0 fully saturated rings. The van der Waals surface area contributed by atoms with Crippen molar-refractivity contribution in [1.29, 1.82) is 0 Å². The molecular weight excluding hydrogens is 510 g/mol. The largest absolute Gasteiger partial charge is 0.497 e. The molecule has 5 rings (SSSR count). The lowest BCUT2D eigenvalue weighted by Gasteiger charge is -2.33. The van der Waals surface area contributed by atoms with Gasteiger partial charge in [0.25, 0.3) is 11.8 Å². The fourth-order valence-electron chi connectivity index (χ4n) is 5.36. The lowest BCUT2D eigenvalue weighted by molar-refractivity contribution is 0.1000. The number of primary amides is 1. The third kappa shape index (κ3) is 5.08. The van der Waals surface area contributed by atoms with Crippen LogP contribution in [0.4, 0.5) is 5.00 Å². The summed E-state index contributed by atoms with van der Waals surface area (Å²) >= 11 is 1.47. The van der Waals surface area contributed by atoms with Crippen molar-refractivity contribution in [2.75, 3.05) is 19.5 Å². The minimum absolute atomic E-state index is 0.160. The minimum atomic E-state index is -0.514. The fourth-order valence-corrected chi connectivity index (χ4v) is 6.68. The van der Waals surface area contributed by atoms with Crippen LogP contribution >= 0.6 is 11.3 Å². The van der Waals surface area contributed by atoms with Crippen LogP contribution in [0.5, 0.6) is 11.5 Å². The molecule has 202 valence electrons. The van der Waals surface area contributed by atoms with Crippen molar-refractivity contribution < 1.29 is 19.1 Å². The highest BCUT2D eigenvalue weighted by Crippen LogP contribution is 2.44. The average molecular weight is 544 g/mol. The van der Waals surface area contributed by atoms with E-state index >= 15 is 0 Å². The number of amides is 2. The molecule has 2 heterocycles. The molecule has 1 atom stereocenters. The van der Waals surface area contributed by atoms with Gasteiger partial charge in [0.1, 0.15) is 16.5 Å². The molecule has 2 aromatic carbocycles. The Morgan fingerprint density at radius 3 is 2.54 bits per heavy atom. The van der Waals surface area contributed by atoms with E-state index in [0.717, 1.165) is 35.3 Å². The Balaban J connectivity index is 1.57. The summed E-state index contributed by atoms with van der Waals surface area (Å²) in [6, 6.07) is 14.7. The number of methoxy groups -OCH3 is 2. The number of nitrogens with zero attached hydrogens (tertiary/aromatic N) is 1. The van der Waals surface area contributed by atoms with Crippen LogP contribution in [0.3, 0.4) is 0 Å². The van der Waals surface area contributed by atoms with E-state index in [2.05, 4.69) is 26.1 Å². The summed E-state index contributed by atoms with van der Waals surface area (Å²) in [4.78, 5) is 32.4. The molecule has 3 N–H and O–H groups in total. The van der Waals surface area contributed by atoms with Crippen LogP contribution in [0, 0.1) is 11.3 Å². The van der Waals surface area contributed by atoms with Gasteiger partial charge in [-0.05, 0) is 60.4 Å². The normalized spacial score (nSPS) is 15.1. The van der Waals surface area contributed by atoms with Crippen LogP contribution in [-0.2, 0) is 12.8 Å². The van der Waals surface area contributed by atoms with Gasteiger partial charge in [0.05, 0.1) is 36.6 Å². The molecule has 0 aliphatic heterocycles. The summed E-state index contributed by atoms with van der Waals surface area (Å²) < 4.78 is 10.9. The maximum absolute atomic E-state index is 13.8. The van der Waals surface area contributed by atoms with Crippen molar-refractivity contribution in [2.45, 2.75) is 40.0 Å². The van der Waals surface area contributed by atoms with Gasteiger partial charge in [-0.1, -0.05) is 39.0 Å². The Morgan fingerprint density at radius 1 is 1.08 bits per heavy atom. The molecule has 1 aliphatic carbocycles. The summed E-state index contributed by atoms with van der Waals surface area (Å²) in [7, 11) is 3.18. The van der Waals surface area contributed by atoms with Crippen molar-refractivity contribution in [3.8, 4) is 22.8 Å². The van der Waals surface area contributed by atoms with E-state index in [9.17, 15) is 9.59 Å². The summed E-state index contributed by atoms with van der Waals surface area (Å²) in [6.45, 7) is 6.74. The fraction of sp³-hybridized carbons (Fsp3) is 0.323. The zero-order valence-electron chi connectivity index (χ0n) is 22.9. The first kappa shape index (κ1) is 26.7. The lowest BCUT2D eigenvalue weighted by Crippen LogP contribution is -2.27. The number of rotatable bonds is 6. The van der Waals surface area contributed by atoms with Crippen molar-refractivity contribution in [3.63, 3.8) is 0 Å². The number of carbonyl (C=O) groups excluding carboxylic acids is 2. The maximum atomic E-state index is 13.8. The van der Waals surface area contributed by atoms with Gasteiger partial charge in [-0.15, -0.1) is 11.3 Å². The van der Waals surface area contributed by atoms with Crippen LogP contribution in [0.2, 0.25) is 0 Å². The molecule has 2 amide bonds. The van der Waals surface area contributed by atoms with E-state index in [4.69, 9.17) is 20.2 Å². The number of hydrogen-bond donors (Lipinski definition) is 2. The van der Waals surface area contributed by atoms with Gasteiger partial charge in [-0.3, -0.25) is 9.59 Å². The van der Waals surface area contributed by atoms with Crippen molar-refractivity contribution in [1.82, 2.24) is 4.98 Å². The molecule has 0 radical (unpaired) electrons. The Labute approximate surface area is 232 Å². The standard InChI is InChI=1S/C31H33N3O4S/c1-31(2,3)17-10-12-21-26(14-17)39-30(27(21)28(32)35)34-29(36)22-16-24(33-23-9-7-6-8-19(22)23)20-13-11-18(37-4)15-25(20)38-5/h6-9,11,13,15-17H,10,12,14H2,1-5H3,(H2,32,35)(H,34,36). The van der Waals surface area contributed by atoms with E-state index in [0.29, 0.717) is 50.1 Å². The van der Waals surface area contributed by atoms with Crippen LogP contribution < -0.4 is 20.5 Å². The van der Waals surface area contributed by atoms with Crippen LogP contribution in [0.15, 0.2) is 48.5 Å². The second-order valence-electron chi connectivity index (χ2n) is 11.0. The van der Waals surface area contributed by atoms with E-state index in [1.54, 1.807) is 26.4 Å². The minimum Gasteiger partial charge on any atom is -0.497 e. The number of nitrogens with one attached hydrogen (secondary N) is 1. The molecule has 0 saturated heterocycles. The number of hydrogen-bond acceptors (Lipinski definition) is 6. The SMILES string of the molecule is COc1ccc(-c2cc(C(=O)Nc3sc4c(c3C(N)=O)CCC(C(C)(C)C)C4)c3ccccc3n2)c(OC)c1. The second kappa shape index (κ2) is 10.3. The quantitative estimate of drug-likeness (QED) is 0.290. The van der Waals surface area contributed by atoms with Gasteiger partial charge in [0.15, 0.2) is 0 Å². The molecule has 39 heavy (non-hydrogen) atoms. The Kier molecular flexibility index (Phi) is 7.07. The molecule has 0 saturated carbocycles. The molecular formula is C31H33N3O4S. The number of fused-ring (bicyclic) bond motifs is 2. The number of anilines is 1. The van der Waals surface area contributed by atoms with E-state index in [-0.39, 0.29) is 11.3 Å². The number of carbonyl (C=O) groups is 2. The molecule has 0 bridgehead atoms. The zero-order chi connectivity index (χ0) is 27.9. The molecule has 4 aromatic rings. The first-order chi connectivity index (χ1) is 18.6. The predicted octanol–water partition coefficient (Wildman–Crippen LogP) is 6.48.